The Morgan fingerprint density at radius 3 is 2.63 bits per heavy atom. The van der Waals surface area contributed by atoms with Crippen LogP contribution in [-0.2, 0) is 12.7 Å². The van der Waals surface area contributed by atoms with Gasteiger partial charge in [-0.3, -0.25) is 4.57 Å². The summed E-state index contributed by atoms with van der Waals surface area (Å²) in [5.41, 5.74) is 4.65. The lowest BCUT2D eigenvalue weighted by molar-refractivity contribution is -0.138. The number of imidazole rings is 1. The van der Waals surface area contributed by atoms with Gasteiger partial charge in [-0.2, -0.15) is 18.2 Å². The molecule has 4 nitrogen and oxygen atoms in total. The number of ether oxygens (including phenoxy) is 1. The molecule has 2 N–H and O–H groups in total. The largest absolute Gasteiger partial charge is 0.425 e. The van der Waals surface area contributed by atoms with Crippen molar-refractivity contribution in [1.29, 1.82) is 0 Å². The maximum absolute atomic E-state index is 12.8. The molecule has 0 aliphatic carbocycles. The van der Waals surface area contributed by atoms with Crippen LogP contribution in [0.5, 0.6) is 11.8 Å². The molecule has 0 bridgehead atoms. The number of benzene rings is 1. The molecule has 2 aromatic rings. The molecule has 19 heavy (non-hydrogen) atoms. The van der Waals surface area contributed by atoms with Crippen LogP contribution in [0.15, 0.2) is 30.5 Å². The van der Waals surface area contributed by atoms with E-state index in [0.717, 1.165) is 6.07 Å². The number of aryl methyl sites for hydroxylation is 1. The van der Waals surface area contributed by atoms with Crippen LogP contribution >= 0.6 is 0 Å². The molecule has 0 saturated heterocycles. The summed E-state index contributed by atoms with van der Waals surface area (Å²) in [6.07, 6.45) is -2.97. The Morgan fingerprint density at radius 2 is 2.00 bits per heavy atom. The van der Waals surface area contributed by atoms with E-state index < -0.39 is 11.7 Å². The molecule has 1 aromatic heterocycles. The van der Waals surface area contributed by atoms with Crippen LogP contribution in [0.25, 0.3) is 0 Å². The van der Waals surface area contributed by atoms with Crippen molar-refractivity contribution in [2.24, 2.45) is 0 Å². The fraction of sp³-hybridized carbons (Fsp3) is 0.250. The standard InChI is InChI=1S/C12H12F3N3O/c1-2-18-7-10(16)17-11(18)19-9-6-4-3-5-8(9)12(13,14)15/h3-7H,2,16H2,1H3. The van der Waals surface area contributed by atoms with Crippen LogP contribution in [0.4, 0.5) is 19.0 Å². The first-order chi connectivity index (χ1) is 8.91. The summed E-state index contributed by atoms with van der Waals surface area (Å²) in [5, 5.41) is 0. The number of hydrogen-bond acceptors (Lipinski definition) is 3. The summed E-state index contributed by atoms with van der Waals surface area (Å²) < 4.78 is 45.2. The number of aromatic nitrogens is 2. The normalized spacial score (nSPS) is 11.6. The van der Waals surface area contributed by atoms with Crippen LogP contribution < -0.4 is 10.5 Å². The molecular weight excluding hydrogens is 259 g/mol. The summed E-state index contributed by atoms with van der Waals surface area (Å²) in [7, 11) is 0. The second-order valence-electron chi connectivity index (χ2n) is 3.83. The molecule has 2 rings (SSSR count). The fourth-order valence-electron chi connectivity index (χ4n) is 1.61. The zero-order valence-electron chi connectivity index (χ0n) is 10.1. The van der Waals surface area contributed by atoms with Crippen molar-refractivity contribution >= 4 is 5.82 Å². The molecule has 0 aliphatic rings. The minimum atomic E-state index is -4.48. The minimum Gasteiger partial charge on any atom is -0.425 e. The first-order valence-corrected chi connectivity index (χ1v) is 5.58. The smallest absolute Gasteiger partial charge is 0.419 e. The van der Waals surface area contributed by atoms with E-state index in [1.165, 1.54) is 29.0 Å². The maximum atomic E-state index is 12.8. The second-order valence-corrected chi connectivity index (χ2v) is 3.83. The summed E-state index contributed by atoms with van der Waals surface area (Å²) in [6.45, 7) is 2.30. The predicted molar refractivity (Wildman–Crippen MR) is 63.8 cm³/mol. The molecular formula is C12H12F3N3O. The number of halogens is 3. The average Bonchev–Trinajstić information content (AvgIpc) is 2.69. The first-order valence-electron chi connectivity index (χ1n) is 5.58. The van der Waals surface area contributed by atoms with Crippen LogP contribution in [0.3, 0.4) is 0 Å². The van der Waals surface area contributed by atoms with Crippen molar-refractivity contribution in [3.8, 4) is 11.8 Å². The van der Waals surface area contributed by atoms with Crippen LogP contribution in [0, 0.1) is 0 Å². The lowest BCUT2D eigenvalue weighted by Gasteiger charge is -2.13. The number of anilines is 1. The molecule has 1 aromatic carbocycles. The molecule has 0 unspecified atom stereocenters. The highest BCUT2D eigenvalue weighted by Crippen LogP contribution is 2.37. The van der Waals surface area contributed by atoms with Gasteiger partial charge in [-0.1, -0.05) is 12.1 Å². The highest BCUT2D eigenvalue weighted by molar-refractivity contribution is 5.38. The van der Waals surface area contributed by atoms with Gasteiger partial charge in [0.1, 0.15) is 11.6 Å². The SMILES string of the molecule is CCn1cc(N)nc1Oc1ccccc1C(F)(F)F. The van der Waals surface area contributed by atoms with E-state index in [4.69, 9.17) is 10.5 Å². The van der Waals surface area contributed by atoms with E-state index in [1.807, 2.05) is 6.92 Å². The average molecular weight is 271 g/mol. The van der Waals surface area contributed by atoms with Crippen molar-refractivity contribution in [1.82, 2.24) is 9.55 Å². The third kappa shape index (κ3) is 2.81. The van der Waals surface area contributed by atoms with Crippen molar-refractivity contribution < 1.29 is 17.9 Å². The van der Waals surface area contributed by atoms with E-state index in [-0.39, 0.29) is 17.6 Å². The van der Waals surface area contributed by atoms with Crippen LogP contribution in [0.2, 0.25) is 0 Å². The molecule has 0 spiro atoms. The van der Waals surface area contributed by atoms with E-state index >= 15 is 0 Å². The highest BCUT2D eigenvalue weighted by Gasteiger charge is 2.34. The third-order valence-electron chi connectivity index (χ3n) is 2.49. The van der Waals surface area contributed by atoms with Gasteiger partial charge >= 0.3 is 12.2 Å². The van der Waals surface area contributed by atoms with Gasteiger partial charge in [0.15, 0.2) is 0 Å². The number of nitrogens with zero attached hydrogens (tertiary/aromatic N) is 2. The van der Waals surface area contributed by atoms with Gasteiger partial charge < -0.3 is 10.5 Å². The Labute approximate surface area is 107 Å². The first kappa shape index (κ1) is 13.3. The Kier molecular flexibility index (Phi) is 3.37. The summed E-state index contributed by atoms with van der Waals surface area (Å²) in [5.74, 6) is -0.100. The lowest BCUT2D eigenvalue weighted by atomic mass is 10.2. The van der Waals surface area contributed by atoms with Gasteiger partial charge in [0.2, 0.25) is 0 Å². The van der Waals surface area contributed by atoms with Gasteiger partial charge in [0.25, 0.3) is 0 Å². The zero-order chi connectivity index (χ0) is 14.0. The molecule has 0 amide bonds. The van der Waals surface area contributed by atoms with Crippen LogP contribution in [0.1, 0.15) is 12.5 Å². The van der Waals surface area contributed by atoms with Crippen molar-refractivity contribution in [2.75, 3.05) is 5.73 Å². The molecule has 102 valence electrons. The summed E-state index contributed by atoms with van der Waals surface area (Å²) in [6, 6.07) is 5.01. The molecule has 0 saturated carbocycles. The Morgan fingerprint density at radius 1 is 1.32 bits per heavy atom. The molecule has 0 radical (unpaired) electrons. The fourth-order valence-corrected chi connectivity index (χ4v) is 1.61. The Balaban J connectivity index is 2.38. The van der Waals surface area contributed by atoms with Crippen LogP contribution in [-0.4, -0.2) is 9.55 Å². The predicted octanol–water partition coefficient (Wildman–Crippen LogP) is 3.30. The van der Waals surface area contributed by atoms with E-state index in [9.17, 15) is 13.2 Å². The zero-order valence-corrected chi connectivity index (χ0v) is 10.1. The monoisotopic (exact) mass is 271 g/mol. The van der Waals surface area contributed by atoms with Crippen molar-refractivity contribution in [2.45, 2.75) is 19.6 Å². The number of nitrogen functional groups attached to an aromatic ring is 1. The number of para-hydroxylation sites is 1. The highest BCUT2D eigenvalue weighted by atomic mass is 19.4. The van der Waals surface area contributed by atoms with Gasteiger partial charge in [-0.05, 0) is 19.1 Å². The molecule has 0 aliphatic heterocycles. The van der Waals surface area contributed by atoms with Gasteiger partial charge in [0, 0.05) is 6.54 Å². The third-order valence-corrected chi connectivity index (χ3v) is 2.49. The Hall–Kier alpha value is -2.18. The van der Waals surface area contributed by atoms with Gasteiger partial charge in [-0.25, -0.2) is 0 Å². The summed E-state index contributed by atoms with van der Waals surface area (Å²) >= 11 is 0. The topological polar surface area (TPSA) is 53.1 Å². The molecule has 0 atom stereocenters. The van der Waals surface area contributed by atoms with Gasteiger partial charge in [0.05, 0.1) is 11.8 Å². The molecule has 1 heterocycles. The van der Waals surface area contributed by atoms with Crippen molar-refractivity contribution in [3.05, 3.63) is 36.0 Å². The van der Waals surface area contributed by atoms with E-state index in [0.29, 0.717) is 6.54 Å². The molecule has 0 fully saturated rings. The number of alkyl halides is 3. The Bertz CT molecular complexity index is 578. The van der Waals surface area contributed by atoms with Crippen molar-refractivity contribution in [3.63, 3.8) is 0 Å². The molecule has 7 heteroatoms. The number of nitrogens with two attached hydrogens (primary N) is 1. The van der Waals surface area contributed by atoms with Gasteiger partial charge in [-0.15, -0.1) is 0 Å². The number of rotatable bonds is 3. The summed E-state index contributed by atoms with van der Waals surface area (Å²) in [4.78, 5) is 3.85. The van der Waals surface area contributed by atoms with E-state index in [2.05, 4.69) is 4.98 Å². The second kappa shape index (κ2) is 4.83. The van der Waals surface area contributed by atoms with E-state index in [1.54, 1.807) is 0 Å². The number of hydrogen-bond donors (Lipinski definition) is 1. The maximum Gasteiger partial charge on any atom is 0.419 e. The minimum absolute atomic E-state index is 0.0386. The quantitative estimate of drug-likeness (QED) is 0.931. The lowest BCUT2D eigenvalue weighted by Crippen LogP contribution is -2.08.